The number of aryl methyl sites for hydroxylation is 1. The number of nitrogens with zero attached hydrogens (tertiary/aromatic N) is 2. The summed E-state index contributed by atoms with van der Waals surface area (Å²) in [4.78, 5) is 22.4. The quantitative estimate of drug-likeness (QED) is 0.507. The third kappa shape index (κ3) is 4.44. The standard InChI is InChI=1S/C17H21N3O4/c1-13-10-14(6-7-15(13)20(22)23)24-11-16(21)19-17(12-18)8-4-2-3-5-9-17/h6-7,10H,2-5,8-9,11H2,1H3,(H,19,21). The topological polar surface area (TPSA) is 105 Å². The number of rotatable bonds is 5. The summed E-state index contributed by atoms with van der Waals surface area (Å²) in [6.07, 6.45) is 5.33. The van der Waals surface area contributed by atoms with Crippen LogP contribution in [-0.2, 0) is 4.79 Å². The summed E-state index contributed by atoms with van der Waals surface area (Å²) in [5.41, 5.74) is -0.327. The molecule has 1 N–H and O–H groups in total. The van der Waals surface area contributed by atoms with Crippen molar-refractivity contribution in [1.29, 1.82) is 5.26 Å². The Hall–Kier alpha value is -2.62. The summed E-state index contributed by atoms with van der Waals surface area (Å²) in [7, 11) is 0. The molecule has 0 unspecified atom stereocenters. The molecular formula is C17H21N3O4. The summed E-state index contributed by atoms with van der Waals surface area (Å²) >= 11 is 0. The van der Waals surface area contributed by atoms with E-state index < -0.39 is 10.5 Å². The van der Waals surface area contributed by atoms with Crippen LogP contribution in [-0.4, -0.2) is 23.0 Å². The van der Waals surface area contributed by atoms with Gasteiger partial charge in [0.25, 0.3) is 11.6 Å². The fourth-order valence-corrected chi connectivity index (χ4v) is 2.97. The van der Waals surface area contributed by atoms with Gasteiger partial charge >= 0.3 is 0 Å². The van der Waals surface area contributed by atoms with Crippen LogP contribution in [0.1, 0.15) is 44.1 Å². The zero-order valence-electron chi connectivity index (χ0n) is 13.7. The van der Waals surface area contributed by atoms with E-state index in [1.165, 1.54) is 18.2 Å². The Morgan fingerprint density at radius 1 is 1.38 bits per heavy atom. The lowest BCUT2D eigenvalue weighted by Gasteiger charge is -2.26. The van der Waals surface area contributed by atoms with Crippen molar-refractivity contribution in [2.45, 2.75) is 51.0 Å². The molecule has 24 heavy (non-hydrogen) atoms. The Morgan fingerprint density at radius 2 is 2.04 bits per heavy atom. The van der Waals surface area contributed by atoms with Gasteiger partial charge in [-0.25, -0.2) is 0 Å². The Kier molecular flexibility index (Phi) is 5.74. The molecule has 7 heteroatoms. The molecule has 1 aliphatic rings. The number of benzene rings is 1. The predicted octanol–water partition coefficient (Wildman–Crippen LogP) is 3.01. The van der Waals surface area contributed by atoms with Gasteiger partial charge in [-0.3, -0.25) is 14.9 Å². The first kappa shape index (κ1) is 17.7. The minimum Gasteiger partial charge on any atom is -0.484 e. The van der Waals surface area contributed by atoms with Gasteiger partial charge in [0.1, 0.15) is 11.3 Å². The highest BCUT2D eigenvalue weighted by Crippen LogP contribution is 2.27. The van der Waals surface area contributed by atoms with Gasteiger partial charge in [0.05, 0.1) is 11.0 Å². The smallest absolute Gasteiger partial charge is 0.272 e. The van der Waals surface area contributed by atoms with Crippen molar-refractivity contribution in [2.24, 2.45) is 0 Å². The number of hydrogen-bond donors (Lipinski definition) is 1. The SMILES string of the molecule is Cc1cc(OCC(=O)NC2(C#N)CCCCCC2)ccc1[N+](=O)[O-]. The zero-order chi connectivity index (χ0) is 17.6. The molecule has 7 nitrogen and oxygen atoms in total. The normalized spacial score (nSPS) is 16.5. The number of nitro groups is 1. The largest absolute Gasteiger partial charge is 0.484 e. The van der Waals surface area contributed by atoms with Gasteiger partial charge in [0.15, 0.2) is 6.61 Å². The Bertz CT molecular complexity index is 658. The number of carbonyl (C=O) groups excluding carboxylic acids is 1. The lowest BCUT2D eigenvalue weighted by atomic mass is 9.92. The van der Waals surface area contributed by atoms with Crippen LogP contribution >= 0.6 is 0 Å². The molecular weight excluding hydrogens is 310 g/mol. The van der Waals surface area contributed by atoms with Gasteiger partial charge in [-0.1, -0.05) is 25.7 Å². The Labute approximate surface area is 140 Å². The fourth-order valence-electron chi connectivity index (χ4n) is 2.97. The van der Waals surface area contributed by atoms with Crippen LogP contribution in [0.2, 0.25) is 0 Å². The molecule has 1 fully saturated rings. The first-order valence-corrected chi connectivity index (χ1v) is 8.06. The second-order valence-corrected chi connectivity index (χ2v) is 6.15. The van der Waals surface area contributed by atoms with E-state index >= 15 is 0 Å². The molecule has 0 spiro atoms. The minimum atomic E-state index is -0.803. The van der Waals surface area contributed by atoms with E-state index in [1.54, 1.807) is 6.92 Å². The second kappa shape index (κ2) is 7.77. The predicted molar refractivity (Wildman–Crippen MR) is 87.5 cm³/mol. The summed E-state index contributed by atoms with van der Waals surface area (Å²) in [6.45, 7) is 1.39. The average Bonchev–Trinajstić information content (AvgIpc) is 2.79. The number of ether oxygens (including phenoxy) is 1. The summed E-state index contributed by atoms with van der Waals surface area (Å²) < 4.78 is 5.40. The molecule has 1 aromatic rings. The van der Waals surface area contributed by atoms with Crippen LogP contribution < -0.4 is 10.1 Å². The van der Waals surface area contributed by atoms with Gasteiger partial charge < -0.3 is 10.1 Å². The first-order chi connectivity index (χ1) is 11.5. The molecule has 0 bridgehead atoms. The number of amides is 1. The molecule has 2 rings (SSSR count). The van der Waals surface area contributed by atoms with Crippen LogP contribution in [0.5, 0.6) is 5.75 Å². The van der Waals surface area contributed by atoms with E-state index in [1.807, 2.05) is 0 Å². The minimum absolute atomic E-state index is 0.00805. The molecule has 128 valence electrons. The van der Waals surface area contributed by atoms with Crippen molar-refractivity contribution < 1.29 is 14.5 Å². The maximum absolute atomic E-state index is 12.1. The number of nitrogens with one attached hydrogen (secondary N) is 1. The molecule has 0 heterocycles. The van der Waals surface area contributed by atoms with Gasteiger partial charge in [-0.05, 0) is 31.9 Å². The van der Waals surface area contributed by atoms with Crippen LogP contribution in [0.4, 0.5) is 5.69 Å². The zero-order valence-corrected chi connectivity index (χ0v) is 13.7. The summed E-state index contributed by atoms with van der Waals surface area (Å²) in [5.74, 6) is 0.0366. The van der Waals surface area contributed by atoms with Gasteiger partial charge in [0.2, 0.25) is 0 Å². The summed E-state index contributed by atoms with van der Waals surface area (Å²) in [5, 5.41) is 23.0. The lowest BCUT2D eigenvalue weighted by Crippen LogP contribution is -2.48. The van der Waals surface area contributed by atoms with Crippen LogP contribution in [0.3, 0.4) is 0 Å². The van der Waals surface area contributed by atoms with Crippen molar-refractivity contribution >= 4 is 11.6 Å². The molecule has 1 aliphatic carbocycles. The van der Waals surface area contributed by atoms with Gasteiger partial charge in [-0.2, -0.15) is 5.26 Å². The molecule has 0 aliphatic heterocycles. The van der Waals surface area contributed by atoms with E-state index in [0.717, 1.165) is 25.7 Å². The van der Waals surface area contributed by atoms with Crippen molar-refractivity contribution in [3.05, 3.63) is 33.9 Å². The van der Waals surface area contributed by atoms with Gasteiger partial charge in [-0.15, -0.1) is 0 Å². The summed E-state index contributed by atoms with van der Waals surface area (Å²) in [6, 6.07) is 6.59. The number of nitriles is 1. The Balaban J connectivity index is 1.94. The molecule has 0 atom stereocenters. The molecule has 1 saturated carbocycles. The van der Waals surface area contributed by atoms with Crippen LogP contribution in [0, 0.1) is 28.4 Å². The monoisotopic (exact) mass is 331 g/mol. The highest BCUT2D eigenvalue weighted by atomic mass is 16.6. The molecule has 0 saturated heterocycles. The van der Waals surface area contributed by atoms with E-state index in [0.29, 0.717) is 24.2 Å². The number of carbonyl (C=O) groups is 1. The molecule has 0 aromatic heterocycles. The van der Waals surface area contributed by atoms with Crippen molar-refractivity contribution in [3.63, 3.8) is 0 Å². The highest BCUT2D eigenvalue weighted by Gasteiger charge is 2.32. The van der Waals surface area contributed by atoms with E-state index in [4.69, 9.17) is 4.74 Å². The van der Waals surface area contributed by atoms with E-state index in [9.17, 15) is 20.2 Å². The van der Waals surface area contributed by atoms with Crippen molar-refractivity contribution in [2.75, 3.05) is 6.61 Å². The fraction of sp³-hybridized carbons (Fsp3) is 0.529. The van der Waals surface area contributed by atoms with Crippen LogP contribution in [0.25, 0.3) is 0 Å². The molecule has 0 radical (unpaired) electrons. The maximum atomic E-state index is 12.1. The number of nitro benzene ring substituents is 1. The third-order valence-corrected chi connectivity index (χ3v) is 4.28. The van der Waals surface area contributed by atoms with E-state index in [2.05, 4.69) is 11.4 Å². The first-order valence-electron chi connectivity index (χ1n) is 8.06. The van der Waals surface area contributed by atoms with Crippen molar-refractivity contribution in [3.8, 4) is 11.8 Å². The van der Waals surface area contributed by atoms with Crippen LogP contribution in [0.15, 0.2) is 18.2 Å². The van der Waals surface area contributed by atoms with E-state index in [-0.39, 0.29) is 18.2 Å². The third-order valence-electron chi connectivity index (χ3n) is 4.28. The Morgan fingerprint density at radius 3 is 2.58 bits per heavy atom. The lowest BCUT2D eigenvalue weighted by molar-refractivity contribution is -0.385. The molecule has 1 aromatic carbocycles. The number of hydrogen-bond acceptors (Lipinski definition) is 5. The average molecular weight is 331 g/mol. The highest BCUT2D eigenvalue weighted by molar-refractivity contribution is 5.78. The van der Waals surface area contributed by atoms with Crippen molar-refractivity contribution in [1.82, 2.24) is 5.32 Å². The van der Waals surface area contributed by atoms with Gasteiger partial charge in [0, 0.05) is 11.6 Å². The second-order valence-electron chi connectivity index (χ2n) is 6.15. The molecule has 1 amide bonds. The maximum Gasteiger partial charge on any atom is 0.272 e.